The highest BCUT2D eigenvalue weighted by atomic mass is 32.1. The molecule has 0 aliphatic heterocycles. The van der Waals surface area contributed by atoms with Crippen LogP contribution in [0.2, 0.25) is 0 Å². The average molecular weight is 262 g/mol. The summed E-state index contributed by atoms with van der Waals surface area (Å²) in [6, 6.07) is 7.74. The molecule has 94 valence electrons. The van der Waals surface area contributed by atoms with Crippen LogP contribution < -0.4 is 0 Å². The molecule has 1 aromatic carbocycles. The first kappa shape index (κ1) is 12.8. The number of fused-ring (bicyclic) bond motifs is 1. The molecule has 0 aliphatic rings. The third-order valence-corrected chi connectivity index (χ3v) is 3.65. The molecule has 1 aromatic heterocycles. The Balaban J connectivity index is 2.31. The first-order chi connectivity index (χ1) is 8.65. The topological polar surface area (TPSA) is 46.5 Å². The molecule has 0 fully saturated rings. The van der Waals surface area contributed by atoms with Gasteiger partial charge >= 0.3 is 5.97 Å². The summed E-state index contributed by atoms with van der Waals surface area (Å²) in [5, 5.41) is 13.0. The zero-order valence-electron chi connectivity index (χ0n) is 10.1. The maximum absolute atomic E-state index is 11.5. The molecule has 3 nitrogen and oxygen atoms in total. The molecule has 2 rings (SSSR count). The van der Waals surface area contributed by atoms with Crippen LogP contribution in [0.25, 0.3) is 10.1 Å². The predicted octanol–water partition coefficient (Wildman–Crippen LogP) is 3.05. The number of rotatable bonds is 4. The summed E-state index contributed by atoms with van der Waals surface area (Å²) in [5.74, 6) is -0.555. The number of hydrogen-bond donors (Lipinski definition) is 1. The van der Waals surface area contributed by atoms with Crippen LogP contribution in [-0.4, -0.2) is 17.7 Å². The van der Waals surface area contributed by atoms with Gasteiger partial charge in [0.2, 0.25) is 0 Å². The van der Waals surface area contributed by atoms with Gasteiger partial charge in [-0.2, -0.15) is 0 Å². The Kier molecular flexibility index (Phi) is 3.79. The van der Waals surface area contributed by atoms with Gasteiger partial charge in [0.15, 0.2) is 0 Å². The van der Waals surface area contributed by atoms with E-state index in [1.54, 1.807) is 6.92 Å². The molecule has 0 saturated heterocycles. The van der Waals surface area contributed by atoms with Crippen molar-refractivity contribution in [1.29, 1.82) is 0 Å². The molecule has 2 aromatic rings. The summed E-state index contributed by atoms with van der Waals surface area (Å²) >= 11 is 1.53. The van der Waals surface area contributed by atoms with Crippen LogP contribution in [0, 0.1) is 0 Å². The van der Waals surface area contributed by atoms with E-state index in [2.05, 4.69) is 6.58 Å². The molecule has 0 radical (unpaired) electrons. The van der Waals surface area contributed by atoms with Crippen LogP contribution in [0.4, 0.5) is 0 Å². The lowest BCUT2D eigenvalue weighted by Crippen LogP contribution is -2.13. The van der Waals surface area contributed by atoms with Crippen LogP contribution in [0.5, 0.6) is 0 Å². The Hall–Kier alpha value is -1.65. The van der Waals surface area contributed by atoms with Crippen molar-refractivity contribution < 1.29 is 14.6 Å². The highest BCUT2D eigenvalue weighted by Crippen LogP contribution is 2.33. The maximum Gasteiger partial charge on any atom is 0.336 e. The second-order valence-electron chi connectivity index (χ2n) is 3.84. The van der Waals surface area contributed by atoms with E-state index in [-0.39, 0.29) is 12.2 Å². The molecule has 0 bridgehead atoms. The van der Waals surface area contributed by atoms with E-state index in [0.717, 1.165) is 10.1 Å². The fraction of sp³-hybridized carbons (Fsp3) is 0.214. The van der Waals surface area contributed by atoms with Gasteiger partial charge in [0.1, 0.15) is 6.10 Å². The highest BCUT2D eigenvalue weighted by Gasteiger charge is 2.21. The molecular weight excluding hydrogens is 248 g/mol. The molecule has 0 spiro atoms. The summed E-state index contributed by atoms with van der Waals surface area (Å²) in [6.07, 6.45) is -1.01. The first-order valence-corrected chi connectivity index (χ1v) is 6.53. The van der Waals surface area contributed by atoms with Gasteiger partial charge in [-0.25, -0.2) is 4.79 Å². The van der Waals surface area contributed by atoms with Crippen molar-refractivity contribution >= 4 is 27.4 Å². The van der Waals surface area contributed by atoms with Crippen LogP contribution in [0.1, 0.15) is 18.6 Å². The second-order valence-corrected chi connectivity index (χ2v) is 4.75. The number of esters is 1. The minimum atomic E-state index is -1.01. The Morgan fingerprint density at radius 1 is 1.50 bits per heavy atom. The number of thiophene rings is 1. The van der Waals surface area contributed by atoms with Crippen molar-refractivity contribution in [3.8, 4) is 0 Å². The van der Waals surface area contributed by atoms with E-state index < -0.39 is 12.1 Å². The lowest BCUT2D eigenvalue weighted by Gasteiger charge is -2.12. The number of hydrogen-bond acceptors (Lipinski definition) is 4. The molecule has 1 unspecified atom stereocenters. The van der Waals surface area contributed by atoms with Crippen molar-refractivity contribution in [1.82, 2.24) is 0 Å². The lowest BCUT2D eigenvalue weighted by molar-refractivity contribution is -0.139. The molecule has 4 heteroatoms. The minimum absolute atomic E-state index is 0.0698. The van der Waals surface area contributed by atoms with Crippen LogP contribution in [0.15, 0.2) is 41.8 Å². The Morgan fingerprint density at radius 2 is 2.22 bits per heavy atom. The summed E-state index contributed by atoms with van der Waals surface area (Å²) in [4.78, 5) is 11.5. The smallest absolute Gasteiger partial charge is 0.336 e. The summed E-state index contributed by atoms with van der Waals surface area (Å²) in [7, 11) is 0. The maximum atomic E-state index is 11.5. The van der Waals surface area contributed by atoms with Crippen molar-refractivity contribution in [2.24, 2.45) is 0 Å². The SMILES string of the molecule is C=C(C(=O)OCC)C(O)c1csc2ccccc12. The third-order valence-electron chi connectivity index (χ3n) is 2.67. The molecule has 1 N–H and O–H groups in total. The van der Waals surface area contributed by atoms with Gasteiger partial charge in [0, 0.05) is 10.3 Å². The Bertz CT molecular complexity index is 585. The van der Waals surface area contributed by atoms with E-state index >= 15 is 0 Å². The Labute approximate surface area is 109 Å². The second kappa shape index (κ2) is 5.33. The molecule has 18 heavy (non-hydrogen) atoms. The monoisotopic (exact) mass is 262 g/mol. The Morgan fingerprint density at radius 3 is 2.94 bits per heavy atom. The summed E-state index contributed by atoms with van der Waals surface area (Å²) in [6.45, 7) is 5.61. The molecule has 1 heterocycles. The molecule has 0 aliphatic carbocycles. The molecular formula is C14H14O3S. The fourth-order valence-electron chi connectivity index (χ4n) is 1.73. The van der Waals surface area contributed by atoms with E-state index in [0.29, 0.717) is 5.56 Å². The largest absolute Gasteiger partial charge is 0.463 e. The van der Waals surface area contributed by atoms with Crippen molar-refractivity contribution in [3.05, 3.63) is 47.4 Å². The van der Waals surface area contributed by atoms with Gasteiger partial charge in [0.05, 0.1) is 12.2 Å². The van der Waals surface area contributed by atoms with Gasteiger partial charge in [-0.1, -0.05) is 24.8 Å². The quantitative estimate of drug-likeness (QED) is 0.680. The van der Waals surface area contributed by atoms with E-state index in [4.69, 9.17) is 4.74 Å². The number of carbonyl (C=O) groups is 1. The number of ether oxygens (including phenoxy) is 1. The first-order valence-electron chi connectivity index (χ1n) is 5.65. The summed E-state index contributed by atoms with van der Waals surface area (Å²) < 4.78 is 5.91. The normalized spacial score (nSPS) is 12.3. The lowest BCUT2D eigenvalue weighted by atomic mass is 10.0. The fourth-order valence-corrected chi connectivity index (χ4v) is 2.71. The number of aliphatic hydroxyl groups excluding tert-OH is 1. The highest BCUT2D eigenvalue weighted by molar-refractivity contribution is 7.17. The molecule has 1 atom stereocenters. The number of benzene rings is 1. The predicted molar refractivity (Wildman–Crippen MR) is 72.6 cm³/mol. The zero-order chi connectivity index (χ0) is 13.1. The van der Waals surface area contributed by atoms with E-state index in [1.165, 1.54) is 11.3 Å². The van der Waals surface area contributed by atoms with Crippen LogP contribution in [0.3, 0.4) is 0 Å². The van der Waals surface area contributed by atoms with E-state index in [9.17, 15) is 9.90 Å². The van der Waals surface area contributed by atoms with Gasteiger partial charge in [-0.05, 0) is 23.8 Å². The minimum Gasteiger partial charge on any atom is -0.463 e. The van der Waals surface area contributed by atoms with E-state index in [1.807, 2.05) is 29.6 Å². The standard InChI is InChI=1S/C14H14O3S/c1-3-17-14(16)9(2)13(15)11-8-18-12-7-5-4-6-10(11)12/h4-8,13,15H,2-3H2,1H3. The van der Waals surface area contributed by atoms with Gasteiger partial charge in [-0.3, -0.25) is 0 Å². The van der Waals surface area contributed by atoms with Crippen molar-refractivity contribution in [2.75, 3.05) is 6.61 Å². The molecule has 0 amide bonds. The number of aliphatic hydroxyl groups is 1. The third kappa shape index (κ3) is 2.30. The number of carbonyl (C=O) groups excluding carboxylic acids is 1. The van der Waals surface area contributed by atoms with Gasteiger partial charge < -0.3 is 9.84 Å². The van der Waals surface area contributed by atoms with Crippen LogP contribution in [-0.2, 0) is 9.53 Å². The summed E-state index contributed by atoms with van der Waals surface area (Å²) in [5.41, 5.74) is 0.772. The van der Waals surface area contributed by atoms with Crippen molar-refractivity contribution in [2.45, 2.75) is 13.0 Å². The van der Waals surface area contributed by atoms with Gasteiger partial charge in [0.25, 0.3) is 0 Å². The van der Waals surface area contributed by atoms with Gasteiger partial charge in [-0.15, -0.1) is 11.3 Å². The van der Waals surface area contributed by atoms with Crippen LogP contribution >= 0.6 is 11.3 Å². The average Bonchev–Trinajstić information content (AvgIpc) is 2.81. The molecule has 0 saturated carbocycles. The van der Waals surface area contributed by atoms with Crippen molar-refractivity contribution in [3.63, 3.8) is 0 Å². The zero-order valence-corrected chi connectivity index (χ0v) is 10.9.